The van der Waals surface area contributed by atoms with E-state index in [0.29, 0.717) is 16.3 Å². The Balaban J connectivity index is 2.37. The van der Waals surface area contributed by atoms with Gasteiger partial charge in [-0.25, -0.2) is 4.98 Å². The molecule has 0 aliphatic heterocycles. The Labute approximate surface area is 91.8 Å². The van der Waals surface area contributed by atoms with Crippen molar-refractivity contribution in [2.75, 3.05) is 0 Å². The molecule has 0 spiro atoms. The SMILES string of the molecule is O=C(c1cccnc1)c1ccnc(Cl)c1. The number of ketones is 1. The van der Waals surface area contributed by atoms with E-state index in [1.807, 2.05) is 0 Å². The van der Waals surface area contributed by atoms with E-state index in [0.717, 1.165) is 0 Å². The van der Waals surface area contributed by atoms with Crippen LogP contribution in [0, 0.1) is 0 Å². The van der Waals surface area contributed by atoms with Crippen LogP contribution < -0.4 is 0 Å². The fourth-order valence-electron chi connectivity index (χ4n) is 1.21. The first kappa shape index (κ1) is 9.80. The molecule has 0 aliphatic carbocycles. The molecular formula is C11H7ClN2O. The number of nitrogens with zero attached hydrogens (tertiary/aromatic N) is 2. The van der Waals surface area contributed by atoms with Crippen molar-refractivity contribution in [3.63, 3.8) is 0 Å². The van der Waals surface area contributed by atoms with Gasteiger partial charge in [0, 0.05) is 29.7 Å². The van der Waals surface area contributed by atoms with Crippen molar-refractivity contribution in [2.24, 2.45) is 0 Å². The lowest BCUT2D eigenvalue weighted by Crippen LogP contribution is -2.01. The van der Waals surface area contributed by atoms with Gasteiger partial charge < -0.3 is 0 Å². The highest BCUT2D eigenvalue weighted by Gasteiger charge is 2.08. The topological polar surface area (TPSA) is 42.9 Å². The molecule has 2 rings (SSSR count). The second-order valence-corrected chi connectivity index (χ2v) is 3.33. The van der Waals surface area contributed by atoms with Crippen LogP contribution in [0.3, 0.4) is 0 Å². The van der Waals surface area contributed by atoms with Gasteiger partial charge in [0.2, 0.25) is 0 Å². The molecule has 0 amide bonds. The zero-order valence-corrected chi connectivity index (χ0v) is 8.48. The molecule has 3 nitrogen and oxygen atoms in total. The van der Waals surface area contributed by atoms with E-state index in [2.05, 4.69) is 9.97 Å². The lowest BCUT2D eigenvalue weighted by molar-refractivity contribution is 0.103. The van der Waals surface area contributed by atoms with Crippen molar-refractivity contribution < 1.29 is 4.79 Å². The minimum atomic E-state index is -0.104. The average molecular weight is 219 g/mol. The molecule has 15 heavy (non-hydrogen) atoms. The summed E-state index contributed by atoms with van der Waals surface area (Å²) in [6.45, 7) is 0. The lowest BCUT2D eigenvalue weighted by atomic mass is 10.1. The third-order valence-corrected chi connectivity index (χ3v) is 2.12. The number of hydrogen-bond acceptors (Lipinski definition) is 3. The maximum atomic E-state index is 11.9. The van der Waals surface area contributed by atoms with Crippen LogP contribution >= 0.6 is 11.6 Å². The molecule has 4 heteroatoms. The number of hydrogen-bond donors (Lipinski definition) is 0. The number of rotatable bonds is 2. The van der Waals surface area contributed by atoms with Gasteiger partial charge in [0.15, 0.2) is 5.78 Å². The normalized spacial score (nSPS) is 9.93. The van der Waals surface area contributed by atoms with Gasteiger partial charge in [-0.15, -0.1) is 0 Å². The van der Waals surface area contributed by atoms with Gasteiger partial charge in [-0.3, -0.25) is 9.78 Å². The van der Waals surface area contributed by atoms with E-state index >= 15 is 0 Å². The Morgan fingerprint density at radius 1 is 1.20 bits per heavy atom. The summed E-state index contributed by atoms with van der Waals surface area (Å²) in [4.78, 5) is 19.6. The van der Waals surface area contributed by atoms with Crippen LogP contribution in [-0.2, 0) is 0 Å². The summed E-state index contributed by atoms with van der Waals surface area (Å²) in [7, 11) is 0. The van der Waals surface area contributed by atoms with E-state index in [-0.39, 0.29) is 5.78 Å². The van der Waals surface area contributed by atoms with Gasteiger partial charge in [-0.05, 0) is 24.3 Å². The molecule has 74 valence electrons. The molecule has 0 unspecified atom stereocenters. The van der Waals surface area contributed by atoms with Crippen LogP contribution in [0.1, 0.15) is 15.9 Å². The second-order valence-electron chi connectivity index (χ2n) is 2.94. The summed E-state index contributed by atoms with van der Waals surface area (Å²) in [5.74, 6) is -0.104. The van der Waals surface area contributed by atoms with E-state index in [1.165, 1.54) is 18.5 Å². The highest BCUT2D eigenvalue weighted by atomic mass is 35.5. The molecule has 0 bridgehead atoms. The predicted octanol–water partition coefficient (Wildman–Crippen LogP) is 2.36. The maximum Gasteiger partial charge on any atom is 0.194 e. The number of carbonyl (C=O) groups is 1. The van der Waals surface area contributed by atoms with Gasteiger partial charge in [-0.1, -0.05) is 11.6 Å². The number of aromatic nitrogens is 2. The Morgan fingerprint density at radius 2 is 2.07 bits per heavy atom. The fraction of sp³-hybridized carbons (Fsp3) is 0. The van der Waals surface area contributed by atoms with Crippen LogP contribution in [-0.4, -0.2) is 15.8 Å². The number of halogens is 1. The third kappa shape index (κ3) is 2.19. The Morgan fingerprint density at radius 3 is 2.73 bits per heavy atom. The van der Waals surface area contributed by atoms with Gasteiger partial charge >= 0.3 is 0 Å². The van der Waals surface area contributed by atoms with Gasteiger partial charge in [-0.2, -0.15) is 0 Å². The first-order chi connectivity index (χ1) is 7.27. The predicted molar refractivity (Wildman–Crippen MR) is 56.9 cm³/mol. The molecule has 2 heterocycles. The van der Waals surface area contributed by atoms with E-state index < -0.39 is 0 Å². The Bertz CT molecular complexity index is 485. The van der Waals surface area contributed by atoms with Crippen molar-refractivity contribution in [3.05, 3.63) is 59.1 Å². The van der Waals surface area contributed by atoms with Crippen molar-refractivity contribution in [1.82, 2.24) is 9.97 Å². The fourth-order valence-corrected chi connectivity index (χ4v) is 1.38. The van der Waals surface area contributed by atoms with E-state index in [9.17, 15) is 4.79 Å². The van der Waals surface area contributed by atoms with Crippen molar-refractivity contribution in [3.8, 4) is 0 Å². The molecule has 2 aromatic heterocycles. The van der Waals surface area contributed by atoms with E-state index in [1.54, 1.807) is 24.4 Å². The minimum Gasteiger partial charge on any atom is -0.289 e. The molecule has 0 saturated carbocycles. The highest BCUT2D eigenvalue weighted by Crippen LogP contribution is 2.11. The summed E-state index contributed by atoms with van der Waals surface area (Å²) >= 11 is 5.70. The molecule has 2 aromatic rings. The molecular weight excluding hydrogens is 212 g/mol. The zero-order valence-electron chi connectivity index (χ0n) is 7.72. The highest BCUT2D eigenvalue weighted by molar-refractivity contribution is 6.29. The quantitative estimate of drug-likeness (QED) is 0.574. The van der Waals surface area contributed by atoms with Gasteiger partial charge in [0.1, 0.15) is 5.15 Å². The molecule has 0 saturated heterocycles. The van der Waals surface area contributed by atoms with Crippen LogP contribution in [0.15, 0.2) is 42.9 Å². The van der Waals surface area contributed by atoms with E-state index in [4.69, 9.17) is 11.6 Å². The van der Waals surface area contributed by atoms with Crippen molar-refractivity contribution in [2.45, 2.75) is 0 Å². The molecule has 0 aromatic carbocycles. The summed E-state index contributed by atoms with van der Waals surface area (Å²) in [5.41, 5.74) is 1.06. The molecule has 0 fully saturated rings. The van der Waals surface area contributed by atoms with Crippen LogP contribution in [0.25, 0.3) is 0 Å². The monoisotopic (exact) mass is 218 g/mol. The maximum absolute atomic E-state index is 11.9. The summed E-state index contributed by atoms with van der Waals surface area (Å²) in [6, 6.07) is 6.60. The van der Waals surface area contributed by atoms with Crippen LogP contribution in [0.2, 0.25) is 5.15 Å². The molecule has 0 atom stereocenters. The molecule has 0 N–H and O–H groups in total. The van der Waals surface area contributed by atoms with Crippen molar-refractivity contribution >= 4 is 17.4 Å². The lowest BCUT2D eigenvalue weighted by Gasteiger charge is -1.99. The summed E-state index contributed by atoms with van der Waals surface area (Å²) < 4.78 is 0. The Kier molecular flexibility index (Phi) is 2.74. The van der Waals surface area contributed by atoms with Crippen molar-refractivity contribution in [1.29, 1.82) is 0 Å². The molecule has 0 aliphatic rings. The van der Waals surface area contributed by atoms with Gasteiger partial charge in [0.25, 0.3) is 0 Å². The first-order valence-corrected chi connectivity index (χ1v) is 4.71. The minimum absolute atomic E-state index is 0.104. The number of carbonyl (C=O) groups excluding carboxylic acids is 1. The van der Waals surface area contributed by atoms with Crippen LogP contribution in [0.4, 0.5) is 0 Å². The van der Waals surface area contributed by atoms with Gasteiger partial charge in [0.05, 0.1) is 0 Å². The summed E-state index contributed by atoms with van der Waals surface area (Å²) in [5, 5.41) is 0.310. The first-order valence-electron chi connectivity index (χ1n) is 4.33. The zero-order chi connectivity index (χ0) is 10.7. The largest absolute Gasteiger partial charge is 0.289 e. The third-order valence-electron chi connectivity index (χ3n) is 1.91. The van der Waals surface area contributed by atoms with Crippen LogP contribution in [0.5, 0.6) is 0 Å². The standard InChI is InChI=1S/C11H7ClN2O/c12-10-6-8(3-5-14-10)11(15)9-2-1-4-13-7-9/h1-7H. The average Bonchev–Trinajstić information content (AvgIpc) is 2.29. The smallest absolute Gasteiger partial charge is 0.194 e. The summed E-state index contributed by atoms with van der Waals surface area (Å²) in [6.07, 6.45) is 4.65. The molecule has 0 radical (unpaired) electrons. The second kappa shape index (κ2) is 4.19. The Hall–Kier alpha value is -1.74. The number of pyridine rings is 2.